The summed E-state index contributed by atoms with van der Waals surface area (Å²) in [7, 11) is 0. The van der Waals surface area contributed by atoms with Crippen molar-refractivity contribution in [3.05, 3.63) is 35.9 Å². The molecule has 0 unspecified atom stereocenters. The molecule has 1 aromatic carbocycles. The van der Waals surface area contributed by atoms with E-state index in [1.807, 2.05) is 37.3 Å². The summed E-state index contributed by atoms with van der Waals surface area (Å²) in [5, 5.41) is 3.07. The van der Waals surface area contributed by atoms with Gasteiger partial charge in [-0.3, -0.25) is 14.6 Å². The van der Waals surface area contributed by atoms with E-state index in [0.717, 1.165) is 37.8 Å². The fraction of sp³-hybridized carbons (Fsp3) is 0.632. The van der Waals surface area contributed by atoms with Gasteiger partial charge >= 0.3 is 0 Å². The third-order valence-corrected chi connectivity index (χ3v) is 6.34. The second-order valence-corrected chi connectivity index (χ2v) is 8.02. The molecule has 2 saturated heterocycles. The van der Waals surface area contributed by atoms with Gasteiger partial charge in [-0.05, 0) is 36.8 Å². The van der Waals surface area contributed by atoms with Crippen LogP contribution in [-0.4, -0.2) is 65.5 Å². The van der Waals surface area contributed by atoms with Crippen molar-refractivity contribution in [3.8, 4) is 0 Å². The monoisotopic (exact) mass is 347 g/mol. The number of carbonyl (C=O) groups excluding carboxylic acids is 1. The Balaban J connectivity index is 1.42. The van der Waals surface area contributed by atoms with E-state index < -0.39 is 0 Å². The molecule has 0 bridgehead atoms. The second-order valence-electron chi connectivity index (χ2n) is 6.79. The van der Waals surface area contributed by atoms with E-state index in [0.29, 0.717) is 6.54 Å². The highest BCUT2D eigenvalue weighted by molar-refractivity contribution is 7.99. The van der Waals surface area contributed by atoms with Gasteiger partial charge in [0.1, 0.15) is 0 Å². The van der Waals surface area contributed by atoms with Crippen LogP contribution in [-0.2, 0) is 11.3 Å². The van der Waals surface area contributed by atoms with Crippen LogP contribution in [0.15, 0.2) is 30.3 Å². The van der Waals surface area contributed by atoms with Gasteiger partial charge in [0, 0.05) is 38.8 Å². The first kappa shape index (κ1) is 17.8. The second kappa shape index (κ2) is 8.88. The van der Waals surface area contributed by atoms with Crippen molar-refractivity contribution in [2.45, 2.75) is 38.4 Å². The number of carbonyl (C=O) groups is 1. The van der Waals surface area contributed by atoms with E-state index >= 15 is 0 Å². The van der Waals surface area contributed by atoms with Crippen molar-refractivity contribution < 1.29 is 4.79 Å². The Kier molecular flexibility index (Phi) is 6.58. The van der Waals surface area contributed by atoms with Crippen LogP contribution in [0, 0.1) is 0 Å². The molecule has 0 saturated carbocycles. The molecule has 3 rings (SSSR count). The van der Waals surface area contributed by atoms with Gasteiger partial charge < -0.3 is 5.32 Å². The minimum atomic E-state index is -0.0437. The summed E-state index contributed by atoms with van der Waals surface area (Å²) >= 11 is 2.09. The highest BCUT2D eigenvalue weighted by atomic mass is 32.2. The predicted octanol–water partition coefficient (Wildman–Crippen LogP) is 2.20. The zero-order chi connectivity index (χ0) is 16.8. The quantitative estimate of drug-likeness (QED) is 0.886. The standard InChI is InChI=1S/C19H29N3OS/c1-16(19(23)20-15-17-5-3-2-4-6-17)21-9-11-22(12-10-21)18-7-13-24-14-8-18/h2-6,16,18H,7-15H2,1H3,(H,20,23)/t16-/m1/s1. The number of piperazine rings is 1. The zero-order valence-electron chi connectivity index (χ0n) is 14.6. The summed E-state index contributed by atoms with van der Waals surface area (Å²) in [4.78, 5) is 17.4. The van der Waals surface area contributed by atoms with Gasteiger partial charge in [0.2, 0.25) is 5.91 Å². The molecule has 132 valence electrons. The topological polar surface area (TPSA) is 35.6 Å². The number of amides is 1. The summed E-state index contributed by atoms with van der Waals surface area (Å²) in [6.45, 7) is 6.86. The molecule has 1 atom stereocenters. The average Bonchev–Trinajstić information content (AvgIpc) is 2.67. The SMILES string of the molecule is C[C@H](C(=O)NCc1ccccc1)N1CCN(C2CCSCC2)CC1. The van der Waals surface area contributed by atoms with Crippen LogP contribution in [0.5, 0.6) is 0 Å². The van der Waals surface area contributed by atoms with Crippen molar-refractivity contribution >= 4 is 17.7 Å². The molecule has 1 aromatic rings. The smallest absolute Gasteiger partial charge is 0.237 e. The van der Waals surface area contributed by atoms with Crippen molar-refractivity contribution in [2.24, 2.45) is 0 Å². The van der Waals surface area contributed by atoms with E-state index in [1.165, 1.54) is 24.3 Å². The molecule has 0 spiro atoms. The van der Waals surface area contributed by atoms with Gasteiger partial charge in [0.15, 0.2) is 0 Å². The molecular formula is C19H29N3OS. The van der Waals surface area contributed by atoms with Crippen LogP contribution in [0.2, 0.25) is 0 Å². The zero-order valence-corrected chi connectivity index (χ0v) is 15.4. The van der Waals surface area contributed by atoms with Crippen LogP contribution in [0.25, 0.3) is 0 Å². The predicted molar refractivity (Wildman–Crippen MR) is 101 cm³/mol. The molecule has 2 aliphatic rings. The lowest BCUT2D eigenvalue weighted by atomic mass is 10.1. The molecule has 1 amide bonds. The number of hydrogen-bond acceptors (Lipinski definition) is 4. The van der Waals surface area contributed by atoms with Crippen molar-refractivity contribution in [1.82, 2.24) is 15.1 Å². The van der Waals surface area contributed by atoms with Crippen LogP contribution in [0.1, 0.15) is 25.3 Å². The first-order chi connectivity index (χ1) is 11.7. The van der Waals surface area contributed by atoms with E-state index in [-0.39, 0.29) is 11.9 Å². The Morgan fingerprint density at radius 2 is 1.83 bits per heavy atom. The van der Waals surface area contributed by atoms with Crippen molar-refractivity contribution in [2.75, 3.05) is 37.7 Å². The first-order valence-electron chi connectivity index (χ1n) is 9.11. The molecule has 5 heteroatoms. The highest BCUT2D eigenvalue weighted by Crippen LogP contribution is 2.23. The Bertz CT molecular complexity index is 511. The Labute approximate surface area is 150 Å². The summed E-state index contributed by atoms with van der Waals surface area (Å²) < 4.78 is 0. The van der Waals surface area contributed by atoms with Crippen molar-refractivity contribution in [1.29, 1.82) is 0 Å². The number of hydrogen-bond donors (Lipinski definition) is 1. The molecule has 2 aliphatic heterocycles. The largest absolute Gasteiger partial charge is 0.351 e. The average molecular weight is 348 g/mol. The van der Waals surface area contributed by atoms with Crippen LogP contribution in [0.3, 0.4) is 0 Å². The Hall–Kier alpha value is -1.04. The van der Waals surface area contributed by atoms with Gasteiger partial charge in [-0.25, -0.2) is 0 Å². The third kappa shape index (κ3) is 4.74. The summed E-state index contributed by atoms with van der Waals surface area (Å²) in [5.41, 5.74) is 1.15. The molecule has 2 heterocycles. The fourth-order valence-corrected chi connectivity index (χ4v) is 4.72. The maximum absolute atomic E-state index is 12.4. The van der Waals surface area contributed by atoms with Gasteiger partial charge in [0.05, 0.1) is 6.04 Å². The minimum Gasteiger partial charge on any atom is -0.351 e. The van der Waals surface area contributed by atoms with E-state index in [2.05, 4.69) is 26.9 Å². The molecule has 24 heavy (non-hydrogen) atoms. The van der Waals surface area contributed by atoms with Gasteiger partial charge in [-0.15, -0.1) is 0 Å². The lowest BCUT2D eigenvalue weighted by molar-refractivity contribution is -0.126. The van der Waals surface area contributed by atoms with Crippen LogP contribution in [0.4, 0.5) is 0 Å². The third-order valence-electron chi connectivity index (χ3n) is 5.29. The Morgan fingerprint density at radius 3 is 2.50 bits per heavy atom. The normalized spacial score (nSPS) is 22.2. The van der Waals surface area contributed by atoms with Crippen LogP contribution < -0.4 is 5.32 Å². The summed E-state index contributed by atoms with van der Waals surface area (Å²) in [5.74, 6) is 2.76. The highest BCUT2D eigenvalue weighted by Gasteiger charge is 2.29. The van der Waals surface area contributed by atoms with E-state index in [1.54, 1.807) is 0 Å². The molecule has 2 fully saturated rings. The van der Waals surface area contributed by atoms with Gasteiger partial charge in [-0.1, -0.05) is 30.3 Å². The summed E-state index contributed by atoms with van der Waals surface area (Å²) in [6.07, 6.45) is 2.66. The molecule has 4 nitrogen and oxygen atoms in total. The van der Waals surface area contributed by atoms with Gasteiger partial charge in [-0.2, -0.15) is 11.8 Å². The number of nitrogens with one attached hydrogen (secondary N) is 1. The van der Waals surface area contributed by atoms with E-state index in [9.17, 15) is 4.79 Å². The fourth-order valence-electron chi connectivity index (χ4n) is 3.64. The maximum Gasteiger partial charge on any atom is 0.237 e. The number of benzene rings is 1. The molecular weight excluding hydrogens is 318 g/mol. The maximum atomic E-state index is 12.4. The van der Waals surface area contributed by atoms with Gasteiger partial charge in [0.25, 0.3) is 0 Å². The lowest BCUT2D eigenvalue weighted by Gasteiger charge is -2.42. The summed E-state index contributed by atoms with van der Waals surface area (Å²) in [6, 6.07) is 10.8. The Morgan fingerprint density at radius 1 is 1.17 bits per heavy atom. The van der Waals surface area contributed by atoms with E-state index in [4.69, 9.17) is 0 Å². The first-order valence-corrected chi connectivity index (χ1v) is 10.3. The lowest BCUT2D eigenvalue weighted by Crippen LogP contribution is -2.56. The minimum absolute atomic E-state index is 0.0437. The van der Waals surface area contributed by atoms with Crippen LogP contribution >= 0.6 is 11.8 Å². The number of rotatable bonds is 5. The molecule has 0 aliphatic carbocycles. The molecule has 0 radical (unpaired) electrons. The van der Waals surface area contributed by atoms with Crippen molar-refractivity contribution in [3.63, 3.8) is 0 Å². The number of thioether (sulfide) groups is 1. The molecule has 0 aromatic heterocycles. The number of nitrogens with zero attached hydrogens (tertiary/aromatic N) is 2. The molecule has 1 N–H and O–H groups in total.